The summed E-state index contributed by atoms with van der Waals surface area (Å²) in [5.74, 6) is -1.59. The van der Waals surface area contributed by atoms with Crippen molar-refractivity contribution in [3.8, 4) is 6.07 Å². The number of hydrogen-bond donors (Lipinski definition) is 0. The lowest BCUT2D eigenvalue weighted by atomic mass is 10.2. The molecule has 0 bridgehead atoms. The number of halogens is 1. The van der Waals surface area contributed by atoms with Gasteiger partial charge in [-0.15, -0.1) is 0 Å². The van der Waals surface area contributed by atoms with Crippen LogP contribution in [0.3, 0.4) is 0 Å². The number of hydrogen-bond acceptors (Lipinski definition) is 8. The van der Waals surface area contributed by atoms with Crippen molar-refractivity contribution < 1.29 is 19.2 Å². The molecule has 2 aromatic carbocycles. The van der Waals surface area contributed by atoms with Gasteiger partial charge in [-0.2, -0.15) is 5.26 Å². The lowest BCUT2D eigenvalue weighted by Crippen LogP contribution is -2.20. The van der Waals surface area contributed by atoms with Gasteiger partial charge in [0.25, 0.3) is 5.69 Å². The smallest absolute Gasteiger partial charge is 0.340 e. The maximum Gasteiger partial charge on any atom is 0.340 e. The van der Waals surface area contributed by atoms with Crippen molar-refractivity contribution in [2.24, 2.45) is 0 Å². The van der Waals surface area contributed by atoms with Crippen LogP contribution < -0.4 is 4.90 Å². The van der Waals surface area contributed by atoms with Crippen molar-refractivity contribution >= 4 is 46.5 Å². The molecule has 0 aliphatic carbocycles. The molecular weight excluding hydrogens is 418 g/mol. The first-order valence-electron chi connectivity index (χ1n) is 8.12. The second-order valence-corrected chi connectivity index (χ2v) is 7.28. The Balaban J connectivity index is 1.74. The molecule has 0 fully saturated rings. The molecule has 0 aromatic heterocycles. The third kappa shape index (κ3) is 4.08. The number of thioether (sulfide) groups is 1. The normalized spacial score (nSPS) is 14.0. The van der Waals surface area contributed by atoms with Gasteiger partial charge in [0.15, 0.2) is 6.61 Å². The molecule has 0 spiro atoms. The number of anilines is 1. The number of Topliss-reactive ketones (excluding diaryl/α,β-unsaturated/α-hetero) is 1. The Morgan fingerprint density at radius 2 is 2.03 bits per heavy atom. The van der Waals surface area contributed by atoms with Gasteiger partial charge in [-0.1, -0.05) is 35.5 Å². The lowest BCUT2D eigenvalue weighted by Gasteiger charge is -2.14. The highest BCUT2D eigenvalue weighted by Crippen LogP contribution is 2.46. The maximum atomic E-state index is 12.5. The van der Waals surface area contributed by atoms with E-state index in [1.54, 1.807) is 11.9 Å². The first-order chi connectivity index (χ1) is 13.8. The first kappa shape index (κ1) is 20.4. The number of ketones is 1. The van der Waals surface area contributed by atoms with E-state index in [0.29, 0.717) is 5.03 Å². The van der Waals surface area contributed by atoms with Crippen molar-refractivity contribution in [3.05, 3.63) is 73.8 Å². The molecule has 0 unspecified atom stereocenters. The van der Waals surface area contributed by atoms with Crippen molar-refractivity contribution in [1.29, 1.82) is 5.26 Å². The Labute approximate surface area is 174 Å². The van der Waals surface area contributed by atoms with Crippen LogP contribution in [0.25, 0.3) is 0 Å². The zero-order valence-electron chi connectivity index (χ0n) is 14.9. The second kappa shape index (κ2) is 8.34. The minimum atomic E-state index is -0.920. The molecule has 0 saturated carbocycles. The summed E-state index contributed by atoms with van der Waals surface area (Å²) < 4.78 is 4.97. The molecule has 1 aliphatic rings. The molecule has 0 saturated heterocycles. The number of rotatable bonds is 5. The second-order valence-electron chi connectivity index (χ2n) is 5.84. The monoisotopic (exact) mass is 429 g/mol. The summed E-state index contributed by atoms with van der Waals surface area (Å²) in [5.41, 5.74) is 0.343. The first-order valence-corrected chi connectivity index (χ1v) is 9.32. The Hall–Kier alpha value is -3.35. The number of fused-ring (bicyclic) bond motifs is 1. The number of nitrogens with zero attached hydrogens (tertiary/aromatic N) is 3. The number of nitro benzene ring substituents is 1. The van der Waals surface area contributed by atoms with Gasteiger partial charge < -0.3 is 9.64 Å². The number of benzene rings is 2. The van der Waals surface area contributed by atoms with Gasteiger partial charge in [-0.3, -0.25) is 14.9 Å². The Kier molecular flexibility index (Phi) is 5.87. The van der Waals surface area contributed by atoms with E-state index >= 15 is 0 Å². The van der Waals surface area contributed by atoms with Crippen LogP contribution in [0.1, 0.15) is 10.4 Å². The van der Waals surface area contributed by atoms with Gasteiger partial charge in [0.1, 0.15) is 16.7 Å². The summed E-state index contributed by atoms with van der Waals surface area (Å²) in [4.78, 5) is 37.4. The highest BCUT2D eigenvalue weighted by molar-refractivity contribution is 8.03. The van der Waals surface area contributed by atoms with Gasteiger partial charge in [-0.25, -0.2) is 4.79 Å². The molecule has 1 aliphatic heterocycles. The molecule has 1 heterocycles. The SMILES string of the molecule is CN1/C(=C(\C#N)C(=O)COC(=O)c2ccc([N+](=O)[O-])cc2Cl)Sc2ccccc21. The van der Waals surface area contributed by atoms with Crippen LogP contribution in [-0.2, 0) is 9.53 Å². The molecule has 0 atom stereocenters. The topological polar surface area (TPSA) is 114 Å². The zero-order valence-corrected chi connectivity index (χ0v) is 16.5. The number of carbonyl (C=O) groups excluding carboxylic acids is 2. The number of non-ortho nitro benzene ring substituents is 1. The molecule has 10 heteroatoms. The Morgan fingerprint density at radius 1 is 1.31 bits per heavy atom. The van der Waals surface area contributed by atoms with Crippen LogP contribution in [0.15, 0.2) is 58.0 Å². The summed E-state index contributed by atoms with van der Waals surface area (Å²) in [6.45, 7) is -0.663. The van der Waals surface area contributed by atoms with E-state index in [2.05, 4.69) is 0 Å². The van der Waals surface area contributed by atoms with E-state index in [-0.39, 0.29) is 21.8 Å². The van der Waals surface area contributed by atoms with Gasteiger partial charge in [0, 0.05) is 24.1 Å². The standard InChI is InChI=1S/C19H12ClN3O5S/c1-22-15-4-2-3-5-17(15)29-18(22)13(9-21)16(24)10-28-19(25)12-7-6-11(23(26)27)8-14(12)20/h2-8H,10H2,1H3/b18-13-. The average Bonchev–Trinajstić information content (AvgIpc) is 3.03. The molecule has 0 radical (unpaired) electrons. The summed E-state index contributed by atoms with van der Waals surface area (Å²) in [6, 6.07) is 12.6. The summed E-state index contributed by atoms with van der Waals surface area (Å²) in [5, 5.41) is 20.5. The number of nitro groups is 1. The summed E-state index contributed by atoms with van der Waals surface area (Å²) in [7, 11) is 1.74. The summed E-state index contributed by atoms with van der Waals surface area (Å²) >= 11 is 7.17. The highest BCUT2D eigenvalue weighted by atomic mass is 35.5. The van der Waals surface area contributed by atoms with Crippen LogP contribution in [0.4, 0.5) is 11.4 Å². The fourth-order valence-electron chi connectivity index (χ4n) is 2.61. The maximum absolute atomic E-state index is 12.5. The number of para-hydroxylation sites is 1. The molecular formula is C19H12ClN3O5S. The third-order valence-corrected chi connectivity index (χ3v) is 5.61. The van der Waals surface area contributed by atoms with Gasteiger partial charge in [-0.05, 0) is 18.2 Å². The van der Waals surface area contributed by atoms with E-state index < -0.39 is 23.3 Å². The van der Waals surface area contributed by atoms with Gasteiger partial charge in [0.05, 0.1) is 21.2 Å². The number of nitriles is 1. The fraction of sp³-hybridized carbons (Fsp3) is 0.105. The van der Waals surface area contributed by atoms with Gasteiger partial charge in [0.2, 0.25) is 5.78 Å². The van der Waals surface area contributed by atoms with E-state index in [0.717, 1.165) is 28.8 Å². The molecule has 29 heavy (non-hydrogen) atoms. The largest absolute Gasteiger partial charge is 0.454 e. The van der Waals surface area contributed by atoms with Crippen molar-refractivity contribution in [2.75, 3.05) is 18.6 Å². The van der Waals surface area contributed by atoms with Crippen molar-refractivity contribution in [2.45, 2.75) is 4.90 Å². The third-order valence-electron chi connectivity index (χ3n) is 4.06. The van der Waals surface area contributed by atoms with Crippen LogP contribution in [0.5, 0.6) is 0 Å². The predicted molar refractivity (Wildman–Crippen MR) is 107 cm³/mol. The van der Waals surface area contributed by atoms with Crippen LogP contribution in [0, 0.1) is 21.4 Å². The quantitative estimate of drug-likeness (QED) is 0.231. The molecule has 0 N–H and O–H groups in total. The predicted octanol–water partition coefficient (Wildman–Crippen LogP) is 3.95. The fourth-order valence-corrected chi connectivity index (χ4v) is 4.03. The zero-order chi connectivity index (χ0) is 21.1. The number of ether oxygens (including phenoxy) is 1. The minimum Gasteiger partial charge on any atom is -0.454 e. The summed E-state index contributed by atoms with van der Waals surface area (Å²) in [6.07, 6.45) is 0. The number of esters is 1. The molecule has 146 valence electrons. The molecule has 2 aromatic rings. The lowest BCUT2D eigenvalue weighted by molar-refractivity contribution is -0.384. The minimum absolute atomic E-state index is 0.115. The Morgan fingerprint density at radius 3 is 2.66 bits per heavy atom. The number of carbonyl (C=O) groups is 2. The molecule has 0 amide bonds. The molecule has 3 rings (SSSR count). The van der Waals surface area contributed by atoms with Crippen molar-refractivity contribution in [1.82, 2.24) is 0 Å². The van der Waals surface area contributed by atoms with E-state index in [4.69, 9.17) is 16.3 Å². The molecule has 8 nitrogen and oxygen atoms in total. The Bertz CT molecular complexity index is 1110. The van der Waals surface area contributed by atoms with E-state index in [1.807, 2.05) is 30.3 Å². The van der Waals surface area contributed by atoms with Crippen LogP contribution in [0.2, 0.25) is 5.02 Å². The average molecular weight is 430 g/mol. The highest BCUT2D eigenvalue weighted by Gasteiger charge is 2.28. The van der Waals surface area contributed by atoms with Gasteiger partial charge >= 0.3 is 5.97 Å². The van der Waals surface area contributed by atoms with E-state index in [1.165, 1.54) is 11.8 Å². The van der Waals surface area contributed by atoms with Crippen LogP contribution >= 0.6 is 23.4 Å². The van der Waals surface area contributed by atoms with E-state index in [9.17, 15) is 25.0 Å². The van der Waals surface area contributed by atoms with Crippen molar-refractivity contribution in [3.63, 3.8) is 0 Å². The van der Waals surface area contributed by atoms with Crippen LogP contribution in [-0.4, -0.2) is 30.3 Å².